The summed E-state index contributed by atoms with van der Waals surface area (Å²) < 4.78 is 2.98. The molecule has 4 rings (SSSR count). The van der Waals surface area contributed by atoms with Crippen LogP contribution in [-0.2, 0) is 11.8 Å². The molecular weight excluding hydrogens is 390 g/mol. The van der Waals surface area contributed by atoms with Gasteiger partial charge in [0.05, 0.1) is 15.5 Å². The first kappa shape index (κ1) is 18.6. The van der Waals surface area contributed by atoms with Crippen molar-refractivity contribution in [1.82, 2.24) is 19.7 Å². The molecule has 0 bridgehead atoms. The lowest BCUT2D eigenvalue weighted by Crippen LogP contribution is -2.22. The summed E-state index contributed by atoms with van der Waals surface area (Å²) in [6.07, 6.45) is 1.62. The molecule has 2 aromatic heterocycles. The summed E-state index contributed by atoms with van der Waals surface area (Å²) in [4.78, 5) is 17.2. The van der Waals surface area contributed by atoms with Crippen LogP contribution in [0.3, 0.4) is 0 Å². The highest BCUT2D eigenvalue weighted by Crippen LogP contribution is 2.31. The van der Waals surface area contributed by atoms with Gasteiger partial charge in [0.25, 0.3) is 0 Å². The van der Waals surface area contributed by atoms with Crippen LogP contribution in [0.25, 0.3) is 20.8 Å². The highest BCUT2D eigenvalue weighted by molar-refractivity contribution is 8.00. The molecule has 0 radical (unpaired) electrons. The van der Waals surface area contributed by atoms with Crippen molar-refractivity contribution in [2.75, 3.05) is 5.32 Å². The number of aromatic nitrogens is 4. The second-order valence-corrected chi connectivity index (χ2v) is 8.88. The van der Waals surface area contributed by atoms with Crippen molar-refractivity contribution in [2.24, 2.45) is 7.05 Å². The number of carbonyl (C=O) groups excluding carboxylic acids is 1. The van der Waals surface area contributed by atoms with Crippen LogP contribution in [0.5, 0.6) is 0 Å². The lowest BCUT2D eigenvalue weighted by Gasteiger charge is -2.11. The summed E-state index contributed by atoms with van der Waals surface area (Å²) >= 11 is 3.05. The molecule has 0 aliphatic rings. The quantitative estimate of drug-likeness (QED) is 0.491. The first-order valence-electron chi connectivity index (χ1n) is 8.79. The Bertz CT molecular complexity index is 1130. The third kappa shape index (κ3) is 3.93. The molecule has 2 aromatic carbocycles. The Morgan fingerprint density at radius 3 is 2.71 bits per heavy atom. The zero-order chi connectivity index (χ0) is 19.7. The van der Waals surface area contributed by atoms with E-state index >= 15 is 0 Å². The van der Waals surface area contributed by atoms with Gasteiger partial charge in [-0.1, -0.05) is 17.8 Å². The van der Waals surface area contributed by atoms with Crippen LogP contribution in [0, 0.1) is 6.92 Å². The molecule has 0 fully saturated rings. The maximum absolute atomic E-state index is 12.5. The van der Waals surface area contributed by atoms with Crippen LogP contribution in [0.15, 0.2) is 53.9 Å². The highest BCUT2D eigenvalue weighted by Gasteiger charge is 2.17. The number of hydrogen-bond acceptors (Lipinski definition) is 6. The molecule has 1 N–H and O–H groups in total. The van der Waals surface area contributed by atoms with Gasteiger partial charge in [-0.15, -0.1) is 21.5 Å². The number of anilines is 1. The minimum absolute atomic E-state index is 0.0730. The van der Waals surface area contributed by atoms with Gasteiger partial charge in [0, 0.05) is 18.3 Å². The number of thiazole rings is 1. The predicted octanol–water partition coefficient (Wildman–Crippen LogP) is 4.52. The number of benzene rings is 2. The number of nitrogens with zero attached hydrogens (tertiary/aromatic N) is 4. The summed E-state index contributed by atoms with van der Waals surface area (Å²) in [5.74, 6) is -0.0730. The van der Waals surface area contributed by atoms with E-state index in [1.54, 1.807) is 22.2 Å². The average molecular weight is 410 g/mol. The normalized spacial score (nSPS) is 12.2. The second kappa shape index (κ2) is 7.73. The smallest absolute Gasteiger partial charge is 0.237 e. The van der Waals surface area contributed by atoms with E-state index < -0.39 is 0 Å². The Morgan fingerprint density at radius 2 is 2.00 bits per heavy atom. The molecule has 4 aromatic rings. The maximum atomic E-state index is 12.5. The number of hydrogen-bond donors (Lipinski definition) is 1. The van der Waals surface area contributed by atoms with Crippen molar-refractivity contribution in [1.29, 1.82) is 0 Å². The van der Waals surface area contributed by atoms with Gasteiger partial charge in [-0.25, -0.2) is 4.98 Å². The number of amides is 1. The van der Waals surface area contributed by atoms with Crippen LogP contribution in [-0.4, -0.2) is 30.9 Å². The zero-order valence-electron chi connectivity index (χ0n) is 15.7. The van der Waals surface area contributed by atoms with Gasteiger partial charge in [0.1, 0.15) is 11.3 Å². The lowest BCUT2D eigenvalue weighted by atomic mass is 10.2. The van der Waals surface area contributed by atoms with Gasteiger partial charge < -0.3 is 9.88 Å². The Hall–Kier alpha value is -2.71. The van der Waals surface area contributed by atoms with Gasteiger partial charge in [-0.3, -0.25) is 4.79 Å². The number of aryl methyl sites for hydroxylation is 2. The van der Waals surface area contributed by atoms with Crippen molar-refractivity contribution in [2.45, 2.75) is 24.3 Å². The fourth-order valence-electron chi connectivity index (χ4n) is 2.69. The van der Waals surface area contributed by atoms with Crippen LogP contribution in [0.4, 0.5) is 5.69 Å². The van der Waals surface area contributed by atoms with E-state index in [1.807, 2.05) is 38.2 Å². The molecule has 0 aliphatic heterocycles. The molecule has 0 unspecified atom stereocenters. The third-order valence-corrected chi connectivity index (χ3v) is 6.48. The number of fused-ring (bicyclic) bond motifs is 1. The molecule has 2 heterocycles. The van der Waals surface area contributed by atoms with Crippen LogP contribution in [0.2, 0.25) is 0 Å². The van der Waals surface area contributed by atoms with Crippen molar-refractivity contribution < 1.29 is 4.79 Å². The summed E-state index contributed by atoms with van der Waals surface area (Å²) in [7, 11) is 1.86. The van der Waals surface area contributed by atoms with Crippen molar-refractivity contribution >= 4 is 44.9 Å². The molecule has 8 heteroatoms. The summed E-state index contributed by atoms with van der Waals surface area (Å²) in [6.45, 7) is 3.94. The Kier molecular flexibility index (Phi) is 5.15. The van der Waals surface area contributed by atoms with Crippen LogP contribution in [0.1, 0.15) is 12.5 Å². The minimum Gasteiger partial charge on any atom is -0.325 e. The van der Waals surface area contributed by atoms with Crippen molar-refractivity contribution in [3.8, 4) is 10.6 Å². The lowest BCUT2D eigenvalue weighted by molar-refractivity contribution is -0.115. The van der Waals surface area contributed by atoms with Gasteiger partial charge >= 0.3 is 0 Å². The third-order valence-electron chi connectivity index (χ3n) is 4.26. The van der Waals surface area contributed by atoms with E-state index in [0.29, 0.717) is 5.16 Å². The van der Waals surface area contributed by atoms with Gasteiger partial charge in [-0.05, 0) is 55.8 Å². The molecule has 0 saturated heterocycles. The Balaban J connectivity index is 1.45. The highest BCUT2D eigenvalue weighted by atomic mass is 32.2. The second-order valence-electron chi connectivity index (χ2n) is 6.54. The number of rotatable bonds is 5. The van der Waals surface area contributed by atoms with E-state index in [0.717, 1.165) is 21.8 Å². The molecular formula is C20H19N5OS2. The molecule has 0 spiro atoms. The number of thioether (sulfide) groups is 1. The number of nitrogens with one attached hydrogen (secondary N) is 1. The zero-order valence-corrected chi connectivity index (χ0v) is 17.3. The molecule has 142 valence electrons. The van der Waals surface area contributed by atoms with E-state index in [-0.39, 0.29) is 11.2 Å². The van der Waals surface area contributed by atoms with Crippen LogP contribution >= 0.6 is 23.1 Å². The van der Waals surface area contributed by atoms with Crippen molar-refractivity contribution in [3.05, 3.63) is 54.4 Å². The van der Waals surface area contributed by atoms with Crippen molar-refractivity contribution in [3.63, 3.8) is 0 Å². The first-order chi connectivity index (χ1) is 13.5. The predicted molar refractivity (Wildman–Crippen MR) is 115 cm³/mol. The van der Waals surface area contributed by atoms with E-state index in [2.05, 4.69) is 40.6 Å². The SMILES string of the molecule is Cc1ccc2nc(-c3ccc(NC(=O)[C@H](C)Sc4nncn4C)cc3)sc2c1. The topological polar surface area (TPSA) is 72.7 Å². The summed E-state index contributed by atoms with van der Waals surface area (Å²) in [5.41, 5.74) is 4.04. The fourth-order valence-corrected chi connectivity index (χ4v) is 4.55. The maximum Gasteiger partial charge on any atom is 0.237 e. The minimum atomic E-state index is -0.282. The first-order valence-corrected chi connectivity index (χ1v) is 10.5. The van der Waals surface area contributed by atoms with Crippen LogP contribution < -0.4 is 5.32 Å². The van der Waals surface area contributed by atoms with Gasteiger partial charge in [-0.2, -0.15) is 0 Å². The molecule has 1 amide bonds. The summed E-state index contributed by atoms with van der Waals surface area (Å²) in [5, 5.41) is 12.2. The van der Waals surface area contributed by atoms with Gasteiger partial charge in [0.2, 0.25) is 5.91 Å². The average Bonchev–Trinajstić information content (AvgIpc) is 3.28. The van der Waals surface area contributed by atoms with E-state index in [4.69, 9.17) is 4.98 Å². The summed E-state index contributed by atoms with van der Waals surface area (Å²) in [6, 6.07) is 14.1. The Labute approximate surface area is 171 Å². The molecule has 0 aliphatic carbocycles. The largest absolute Gasteiger partial charge is 0.325 e. The molecule has 28 heavy (non-hydrogen) atoms. The molecule has 1 atom stereocenters. The molecule has 0 saturated carbocycles. The van der Waals surface area contributed by atoms with Gasteiger partial charge in [0.15, 0.2) is 5.16 Å². The fraction of sp³-hybridized carbons (Fsp3) is 0.200. The Morgan fingerprint density at radius 1 is 1.21 bits per heavy atom. The standard InChI is InChI=1S/C20H19N5OS2/c1-12-4-9-16-17(10-12)28-19(23-16)14-5-7-15(8-6-14)22-18(26)13(2)27-20-24-21-11-25(20)3/h4-11,13H,1-3H3,(H,22,26)/t13-/m0/s1. The number of carbonyl (C=O) groups is 1. The monoisotopic (exact) mass is 409 g/mol. The van der Waals surface area contributed by atoms with E-state index in [1.165, 1.54) is 22.0 Å². The van der Waals surface area contributed by atoms with E-state index in [9.17, 15) is 4.79 Å². The molecule has 6 nitrogen and oxygen atoms in total.